The summed E-state index contributed by atoms with van der Waals surface area (Å²) in [5.41, 5.74) is 1.57. The minimum absolute atomic E-state index is 0.212. The lowest BCUT2D eigenvalue weighted by Gasteiger charge is -2.12. The average Bonchev–Trinajstić information content (AvgIpc) is 2.73. The molecule has 2 aromatic heterocycles. The smallest absolute Gasteiger partial charge is 0.256 e. The molecule has 0 saturated carbocycles. The third-order valence-electron chi connectivity index (χ3n) is 4.27. The third-order valence-corrected chi connectivity index (χ3v) is 4.27. The second-order valence-corrected chi connectivity index (χ2v) is 6.36. The fourth-order valence-electron chi connectivity index (χ4n) is 2.94. The van der Waals surface area contributed by atoms with Gasteiger partial charge in [0, 0.05) is 29.0 Å². The topological polar surface area (TPSA) is 88.9 Å². The molecule has 0 radical (unpaired) electrons. The SMILES string of the molecule is C=CC(=O)Nc1cccc(-n2c(=O)ccc3cnc(Nc4cccc(F)c4)nc32)c1. The summed E-state index contributed by atoms with van der Waals surface area (Å²) in [6.07, 6.45) is 2.73. The molecule has 2 N–H and O–H groups in total. The molecule has 1 amide bonds. The molecule has 0 spiro atoms. The molecule has 4 aromatic rings. The van der Waals surface area contributed by atoms with E-state index >= 15 is 0 Å². The number of anilines is 3. The number of carbonyl (C=O) groups is 1. The lowest BCUT2D eigenvalue weighted by atomic mass is 10.2. The van der Waals surface area contributed by atoms with Gasteiger partial charge in [0.05, 0.1) is 5.69 Å². The lowest BCUT2D eigenvalue weighted by Crippen LogP contribution is -2.19. The molecule has 0 bridgehead atoms. The van der Waals surface area contributed by atoms with E-state index in [0.717, 1.165) is 6.08 Å². The molecule has 0 saturated heterocycles. The Morgan fingerprint density at radius 2 is 1.87 bits per heavy atom. The second kappa shape index (κ2) is 7.96. The minimum atomic E-state index is -0.393. The average molecular weight is 401 g/mol. The number of aromatic nitrogens is 3. The zero-order chi connectivity index (χ0) is 21.1. The third kappa shape index (κ3) is 3.93. The monoisotopic (exact) mass is 401 g/mol. The van der Waals surface area contributed by atoms with Crippen LogP contribution >= 0.6 is 0 Å². The van der Waals surface area contributed by atoms with E-state index in [1.807, 2.05) is 0 Å². The molecule has 0 aliphatic heterocycles. The van der Waals surface area contributed by atoms with Crippen molar-refractivity contribution in [3.05, 3.63) is 95.7 Å². The number of hydrogen-bond donors (Lipinski definition) is 2. The normalized spacial score (nSPS) is 10.6. The van der Waals surface area contributed by atoms with E-state index < -0.39 is 5.82 Å². The van der Waals surface area contributed by atoms with E-state index in [0.29, 0.717) is 28.1 Å². The predicted octanol–water partition coefficient (Wildman–Crippen LogP) is 3.79. The number of halogens is 1. The molecule has 0 fully saturated rings. The summed E-state index contributed by atoms with van der Waals surface area (Å²) in [4.78, 5) is 33.0. The van der Waals surface area contributed by atoms with Gasteiger partial charge in [0.15, 0.2) is 5.65 Å². The van der Waals surface area contributed by atoms with E-state index in [-0.39, 0.29) is 17.4 Å². The standard InChI is InChI=1S/C22H16FN5O2/c1-2-19(29)25-17-7-4-8-18(12-17)28-20(30)10-9-14-13-24-22(27-21(14)28)26-16-6-3-5-15(23)11-16/h2-13H,1H2,(H,25,29)(H,24,26,27). The summed E-state index contributed by atoms with van der Waals surface area (Å²) in [6, 6.07) is 15.7. The van der Waals surface area contributed by atoms with E-state index in [1.165, 1.54) is 22.8 Å². The van der Waals surface area contributed by atoms with Gasteiger partial charge in [-0.1, -0.05) is 18.7 Å². The summed E-state index contributed by atoms with van der Waals surface area (Å²) in [6.45, 7) is 3.43. The fourth-order valence-corrected chi connectivity index (χ4v) is 2.94. The maximum absolute atomic E-state index is 13.5. The van der Waals surface area contributed by atoms with Gasteiger partial charge < -0.3 is 10.6 Å². The summed E-state index contributed by atoms with van der Waals surface area (Å²) in [5.74, 6) is -0.541. The predicted molar refractivity (Wildman–Crippen MR) is 114 cm³/mol. The quantitative estimate of drug-likeness (QED) is 0.497. The molecule has 0 aliphatic carbocycles. The maximum atomic E-state index is 13.5. The number of nitrogens with one attached hydrogen (secondary N) is 2. The van der Waals surface area contributed by atoms with Crippen LogP contribution in [0.15, 0.2) is 84.3 Å². The second-order valence-electron chi connectivity index (χ2n) is 6.36. The molecule has 30 heavy (non-hydrogen) atoms. The van der Waals surface area contributed by atoms with Crippen molar-refractivity contribution in [3.8, 4) is 5.69 Å². The Hall–Kier alpha value is -4.33. The van der Waals surface area contributed by atoms with Gasteiger partial charge in [-0.25, -0.2) is 9.37 Å². The molecular weight excluding hydrogens is 385 g/mol. The van der Waals surface area contributed by atoms with Crippen LogP contribution in [0.4, 0.5) is 21.7 Å². The summed E-state index contributed by atoms with van der Waals surface area (Å²) in [7, 11) is 0. The molecule has 2 aromatic carbocycles. The summed E-state index contributed by atoms with van der Waals surface area (Å²) in [5, 5.41) is 6.24. The number of rotatable bonds is 5. The Morgan fingerprint density at radius 3 is 2.67 bits per heavy atom. The van der Waals surface area contributed by atoms with Crippen LogP contribution in [0.1, 0.15) is 0 Å². The molecule has 2 heterocycles. The van der Waals surface area contributed by atoms with Crippen LogP contribution in [0.3, 0.4) is 0 Å². The molecule has 0 unspecified atom stereocenters. The molecule has 0 atom stereocenters. The van der Waals surface area contributed by atoms with Gasteiger partial charge in [-0.2, -0.15) is 4.98 Å². The van der Waals surface area contributed by atoms with E-state index in [2.05, 4.69) is 27.2 Å². The molecule has 8 heteroatoms. The Bertz CT molecular complexity index is 1330. The van der Waals surface area contributed by atoms with Crippen molar-refractivity contribution in [2.45, 2.75) is 0 Å². The van der Waals surface area contributed by atoms with Crippen LogP contribution in [0.5, 0.6) is 0 Å². The highest BCUT2D eigenvalue weighted by atomic mass is 19.1. The number of hydrogen-bond acceptors (Lipinski definition) is 5. The van der Waals surface area contributed by atoms with Crippen LogP contribution < -0.4 is 16.2 Å². The highest BCUT2D eigenvalue weighted by molar-refractivity contribution is 5.99. The van der Waals surface area contributed by atoms with Gasteiger partial charge in [0.2, 0.25) is 11.9 Å². The highest BCUT2D eigenvalue weighted by Crippen LogP contribution is 2.20. The lowest BCUT2D eigenvalue weighted by molar-refractivity contribution is -0.111. The highest BCUT2D eigenvalue weighted by Gasteiger charge is 2.10. The first-order valence-electron chi connectivity index (χ1n) is 8.99. The van der Waals surface area contributed by atoms with Crippen molar-refractivity contribution < 1.29 is 9.18 Å². The van der Waals surface area contributed by atoms with Crippen molar-refractivity contribution in [1.29, 1.82) is 0 Å². The van der Waals surface area contributed by atoms with Crippen molar-refractivity contribution in [3.63, 3.8) is 0 Å². The molecule has 4 rings (SSSR count). The number of benzene rings is 2. The molecule has 0 aliphatic rings. The Morgan fingerprint density at radius 1 is 1.07 bits per heavy atom. The van der Waals surface area contributed by atoms with Crippen molar-refractivity contribution >= 4 is 34.3 Å². The van der Waals surface area contributed by atoms with Crippen LogP contribution in [0.2, 0.25) is 0 Å². The Balaban J connectivity index is 1.80. The van der Waals surface area contributed by atoms with Crippen molar-refractivity contribution in [2.24, 2.45) is 0 Å². The van der Waals surface area contributed by atoms with Gasteiger partial charge in [-0.05, 0) is 48.5 Å². The van der Waals surface area contributed by atoms with Crippen molar-refractivity contribution in [2.75, 3.05) is 10.6 Å². The van der Waals surface area contributed by atoms with Crippen LogP contribution in [-0.4, -0.2) is 20.4 Å². The number of nitrogens with zero attached hydrogens (tertiary/aromatic N) is 3. The first-order valence-corrected chi connectivity index (χ1v) is 8.99. The summed E-state index contributed by atoms with van der Waals surface area (Å²) >= 11 is 0. The largest absolute Gasteiger partial charge is 0.324 e. The van der Waals surface area contributed by atoms with E-state index in [1.54, 1.807) is 48.7 Å². The number of fused-ring (bicyclic) bond motifs is 1. The van der Waals surface area contributed by atoms with Crippen LogP contribution in [-0.2, 0) is 4.79 Å². The maximum Gasteiger partial charge on any atom is 0.256 e. The first-order chi connectivity index (χ1) is 14.5. The van der Waals surface area contributed by atoms with Gasteiger partial charge >= 0.3 is 0 Å². The van der Waals surface area contributed by atoms with Crippen molar-refractivity contribution in [1.82, 2.24) is 14.5 Å². The number of pyridine rings is 1. The number of carbonyl (C=O) groups excluding carboxylic acids is 1. The van der Waals surface area contributed by atoms with Gasteiger partial charge in [-0.3, -0.25) is 14.2 Å². The molecular formula is C22H16FN5O2. The fraction of sp³-hybridized carbons (Fsp3) is 0. The Labute approximate surface area is 170 Å². The van der Waals surface area contributed by atoms with Gasteiger partial charge in [0.1, 0.15) is 5.82 Å². The van der Waals surface area contributed by atoms with E-state index in [4.69, 9.17) is 0 Å². The van der Waals surface area contributed by atoms with Gasteiger partial charge in [0.25, 0.3) is 5.56 Å². The minimum Gasteiger partial charge on any atom is -0.324 e. The van der Waals surface area contributed by atoms with Crippen LogP contribution in [0.25, 0.3) is 16.7 Å². The zero-order valence-electron chi connectivity index (χ0n) is 15.7. The number of amides is 1. The van der Waals surface area contributed by atoms with Crippen LogP contribution in [0, 0.1) is 5.82 Å². The molecule has 148 valence electrons. The van der Waals surface area contributed by atoms with E-state index in [9.17, 15) is 14.0 Å². The zero-order valence-corrected chi connectivity index (χ0v) is 15.7. The molecule has 7 nitrogen and oxygen atoms in total. The first kappa shape index (κ1) is 19.0. The Kier molecular flexibility index (Phi) is 5.04. The summed E-state index contributed by atoms with van der Waals surface area (Å²) < 4.78 is 14.9. The van der Waals surface area contributed by atoms with Gasteiger partial charge in [-0.15, -0.1) is 0 Å².